The minimum Gasteiger partial charge on any atom is -0.309 e. The molecule has 4 aromatic heterocycles. The van der Waals surface area contributed by atoms with Crippen LogP contribution < -0.4 is 0 Å². The molecule has 50 heavy (non-hydrogen) atoms. The summed E-state index contributed by atoms with van der Waals surface area (Å²) in [6.45, 7) is 0. The molecule has 1 spiro atoms. The predicted octanol–water partition coefficient (Wildman–Crippen LogP) is 10.6. The van der Waals surface area contributed by atoms with Gasteiger partial charge in [-0.1, -0.05) is 109 Å². The van der Waals surface area contributed by atoms with Gasteiger partial charge >= 0.3 is 0 Å². The van der Waals surface area contributed by atoms with Crippen LogP contribution in [0.5, 0.6) is 0 Å². The minimum absolute atomic E-state index is 0.471. The fourth-order valence-electron chi connectivity index (χ4n) is 8.73. The van der Waals surface area contributed by atoms with Crippen molar-refractivity contribution in [1.82, 2.24) is 19.5 Å². The van der Waals surface area contributed by atoms with Crippen LogP contribution in [0, 0.1) is 0 Å². The molecule has 9 aromatic rings. The highest BCUT2D eigenvalue weighted by Crippen LogP contribution is 2.61. The summed E-state index contributed by atoms with van der Waals surface area (Å²) in [5, 5.41) is 2.53. The first-order chi connectivity index (χ1) is 24.8. The van der Waals surface area contributed by atoms with Crippen LogP contribution in [0.1, 0.15) is 22.3 Å². The summed E-state index contributed by atoms with van der Waals surface area (Å²) in [4.78, 5) is 14.4. The summed E-state index contributed by atoms with van der Waals surface area (Å²) in [6.07, 6.45) is 3.64. The fraction of sp³-hybridized carbons (Fsp3) is 0.0217. The lowest BCUT2D eigenvalue weighted by Gasteiger charge is -2.39. The second kappa shape index (κ2) is 10.2. The van der Waals surface area contributed by atoms with E-state index in [1.807, 2.05) is 48.8 Å². The highest BCUT2D eigenvalue weighted by Gasteiger charge is 2.50. The number of rotatable bonds is 3. The van der Waals surface area contributed by atoms with Crippen LogP contribution >= 0.6 is 0 Å². The normalized spacial score (nSPS) is 13.4. The van der Waals surface area contributed by atoms with Crippen LogP contribution in [0.15, 0.2) is 170 Å². The molecule has 0 fully saturated rings. The molecule has 11 rings (SSSR count). The number of aromatic nitrogens is 4. The molecule has 5 aromatic carbocycles. The van der Waals surface area contributed by atoms with Crippen molar-refractivity contribution in [3.63, 3.8) is 0 Å². The molecule has 5 heterocycles. The zero-order chi connectivity index (χ0) is 32.8. The number of hydrogen-bond donors (Lipinski definition) is 0. The molecule has 0 N–H and O–H groups in total. The predicted molar refractivity (Wildman–Crippen MR) is 201 cm³/mol. The highest BCUT2D eigenvalue weighted by molar-refractivity contribution is 6.13. The SMILES string of the molecule is c1ccc(-c2cc(-c3ccc4c(c3)-n3c5ccccc5c5cccc(c53)C43c4ccccc4-c4ccccc43)cc(-c3ccccn3)n2)nc1. The van der Waals surface area contributed by atoms with Gasteiger partial charge in [0.05, 0.1) is 44.9 Å². The molecule has 0 bridgehead atoms. The third-order valence-electron chi connectivity index (χ3n) is 10.7. The molecule has 0 radical (unpaired) electrons. The summed E-state index contributed by atoms with van der Waals surface area (Å²) in [5.41, 5.74) is 16.5. The number of para-hydroxylation sites is 2. The van der Waals surface area contributed by atoms with E-state index in [-0.39, 0.29) is 0 Å². The largest absolute Gasteiger partial charge is 0.309 e. The summed E-state index contributed by atoms with van der Waals surface area (Å²) >= 11 is 0. The van der Waals surface area contributed by atoms with Gasteiger partial charge in [-0.15, -0.1) is 0 Å². The lowest BCUT2D eigenvalue weighted by Crippen LogP contribution is -2.33. The van der Waals surface area contributed by atoms with Crippen molar-refractivity contribution in [3.8, 4) is 50.7 Å². The van der Waals surface area contributed by atoms with Gasteiger partial charge in [-0.05, 0) is 93.0 Å². The Kier molecular flexibility index (Phi) is 5.56. The van der Waals surface area contributed by atoms with Crippen LogP contribution in [-0.2, 0) is 5.41 Å². The Morgan fingerprint density at radius 2 is 1.02 bits per heavy atom. The van der Waals surface area contributed by atoms with Crippen molar-refractivity contribution in [2.24, 2.45) is 0 Å². The van der Waals surface area contributed by atoms with E-state index in [0.717, 1.165) is 33.9 Å². The lowest BCUT2D eigenvalue weighted by atomic mass is 9.65. The quantitative estimate of drug-likeness (QED) is 0.194. The van der Waals surface area contributed by atoms with E-state index < -0.39 is 5.41 Å². The molecule has 1 aliphatic heterocycles. The minimum atomic E-state index is -0.471. The second-order valence-electron chi connectivity index (χ2n) is 13.2. The smallest absolute Gasteiger partial charge is 0.0900 e. The van der Waals surface area contributed by atoms with E-state index in [1.54, 1.807) is 0 Å². The topological polar surface area (TPSA) is 43.6 Å². The molecule has 1 aliphatic carbocycles. The third-order valence-corrected chi connectivity index (χ3v) is 10.7. The van der Waals surface area contributed by atoms with E-state index in [2.05, 4.69) is 136 Å². The maximum absolute atomic E-state index is 5.06. The second-order valence-corrected chi connectivity index (χ2v) is 13.2. The molecular weight excluding hydrogens is 609 g/mol. The monoisotopic (exact) mass is 636 g/mol. The summed E-state index contributed by atoms with van der Waals surface area (Å²) < 4.78 is 2.51. The molecule has 0 saturated heterocycles. The van der Waals surface area contributed by atoms with Crippen molar-refractivity contribution in [1.29, 1.82) is 0 Å². The fourth-order valence-corrected chi connectivity index (χ4v) is 8.73. The first kappa shape index (κ1) is 27.3. The van der Waals surface area contributed by atoms with Crippen LogP contribution in [0.3, 0.4) is 0 Å². The number of nitrogens with zero attached hydrogens (tertiary/aromatic N) is 4. The molecule has 4 nitrogen and oxygen atoms in total. The Labute approximate surface area is 289 Å². The summed E-state index contributed by atoms with van der Waals surface area (Å²) in [6, 6.07) is 57.0. The summed E-state index contributed by atoms with van der Waals surface area (Å²) in [7, 11) is 0. The Morgan fingerprint density at radius 3 is 1.70 bits per heavy atom. The molecule has 4 heteroatoms. The summed E-state index contributed by atoms with van der Waals surface area (Å²) in [5.74, 6) is 0. The van der Waals surface area contributed by atoms with Crippen molar-refractivity contribution >= 4 is 21.8 Å². The number of benzene rings is 5. The average molecular weight is 637 g/mol. The standard InChI is InChI=1S/C46H28N4/c1-4-16-35-31(12-1)32-13-2-5-17-36(32)46(35)37-23-22-29(28-44(37)50-43-21-6-3-14-33(43)34-15-11-18-38(46)45(34)50)30-26-41(39-19-7-9-24-47-39)49-42(27-30)40-20-8-10-25-48-40/h1-28H. The first-order valence-corrected chi connectivity index (χ1v) is 17.0. The molecule has 0 atom stereocenters. The molecule has 0 amide bonds. The van der Waals surface area contributed by atoms with Gasteiger partial charge in [0.2, 0.25) is 0 Å². The van der Waals surface area contributed by atoms with Gasteiger partial charge in [-0.2, -0.15) is 0 Å². The van der Waals surface area contributed by atoms with Crippen LogP contribution in [0.4, 0.5) is 0 Å². The molecule has 232 valence electrons. The van der Waals surface area contributed by atoms with Crippen molar-refractivity contribution in [2.75, 3.05) is 0 Å². The van der Waals surface area contributed by atoms with E-state index in [9.17, 15) is 0 Å². The first-order valence-electron chi connectivity index (χ1n) is 17.0. The van der Waals surface area contributed by atoms with Crippen LogP contribution in [-0.4, -0.2) is 19.5 Å². The van der Waals surface area contributed by atoms with Gasteiger partial charge < -0.3 is 4.57 Å². The van der Waals surface area contributed by atoms with Gasteiger partial charge in [0.15, 0.2) is 0 Å². The van der Waals surface area contributed by atoms with Gasteiger partial charge in [0.25, 0.3) is 0 Å². The number of pyridine rings is 3. The molecule has 0 saturated carbocycles. The average Bonchev–Trinajstić information content (AvgIpc) is 3.69. The number of hydrogen-bond acceptors (Lipinski definition) is 3. The number of fused-ring (bicyclic) bond motifs is 12. The Bertz CT molecular complexity index is 2710. The maximum Gasteiger partial charge on any atom is 0.0900 e. The van der Waals surface area contributed by atoms with E-state index >= 15 is 0 Å². The van der Waals surface area contributed by atoms with E-state index in [4.69, 9.17) is 4.98 Å². The van der Waals surface area contributed by atoms with E-state index in [1.165, 1.54) is 60.9 Å². The molecule has 0 unspecified atom stereocenters. The molecule has 2 aliphatic rings. The zero-order valence-corrected chi connectivity index (χ0v) is 27.0. The van der Waals surface area contributed by atoms with Crippen LogP contribution in [0.2, 0.25) is 0 Å². The van der Waals surface area contributed by atoms with Crippen molar-refractivity contribution in [2.45, 2.75) is 5.41 Å². The Hall–Kier alpha value is -6.65. The van der Waals surface area contributed by atoms with Crippen LogP contribution in [0.25, 0.3) is 72.5 Å². The lowest BCUT2D eigenvalue weighted by molar-refractivity contribution is 0.748. The molecular formula is C46H28N4. The van der Waals surface area contributed by atoms with E-state index in [0.29, 0.717) is 0 Å². The van der Waals surface area contributed by atoms with Crippen molar-refractivity contribution < 1.29 is 0 Å². The van der Waals surface area contributed by atoms with Gasteiger partial charge in [-0.3, -0.25) is 9.97 Å². The van der Waals surface area contributed by atoms with Crippen molar-refractivity contribution in [3.05, 3.63) is 192 Å². The maximum atomic E-state index is 5.06. The van der Waals surface area contributed by atoms with Gasteiger partial charge in [0.1, 0.15) is 0 Å². The van der Waals surface area contributed by atoms with Gasteiger partial charge in [-0.25, -0.2) is 4.98 Å². The highest BCUT2D eigenvalue weighted by atomic mass is 15.0. The third kappa shape index (κ3) is 3.57. The zero-order valence-electron chi connectivity index (χ0n) is 27.0. The Balaban J connectivity index is 1.26. The van der Waals surface area contributed by atoms with Gasteiger partial charge in [0, 0.05) is 23.2 Å². The Morgan fingerprint density at radius 1 is 0.420 bits per heavy atom.